The molecule has 6 heteroatoms. The van der Waals surface area contributed by atoms with Crippen molar-refractivity contribution in [3.63, 3.8) is 0 Å². The van der Waals surface area contributed by atoms with Crippen LogP contribution < -0.4 is 4.74 Å². The molecule has 3 aromatic rings. The number of thioether (sulfide) groups is 1. The number of nitriles is 1. The van der Waals surface area contributed by atoms with Crippen molar-refractivity contribution in [2.45, 2.75) is 17.5 Å². The molecule has 0 unspecified atom stereocenters. The van der Waals surface area contributed by atoms with Crippen molar-refractivity contribution in [1.29, 1.82) is 5.26 Å². The van der Waals surface area contributed by atoms with E-state index in [1.165, 1.54) is 0 Å². The highest BCUT2D eigenvalue weighted by molar-refractivity contribution is 7.98. The second-order valence-electron chi connectivity index (χ2n) is 5.53. The number of benzene rings is 2. The van der Waals surface area contributed by atoms with Crippen LogP contribution in [0.5, 0.6) is 5.75 Å². The number of rotatable bonds is 7. The molecule has 0 saturated carbocycles. The Morgan fingerprint density at radius 2 is 2.04 bits per heavy atom. The van der Waals surface area contributed by atoms with E-state index in [2.05, 4.69) is 22.8 Å². The zero-order chi connectivity index (χ0) is 18.4. The lowest BCUT2D eigenvalue weighted by atomic mass is 10.2. The molecule has 0 bridgehead atoms. The third-order valence-corrected chi connectivity index (χ3v) is 4.84. The van der Waals surface area contributed by atoms with Crippen molar-refractivity contribution >= 4 is 11.8 Å². The van der Waals surface area contributed by atoms with Gasteiger partial charge in [-0.1, -0.05) is 30.0 Å². The second kappa shape index (κ2) is 8.37. The summed E-state index contributed by atoms with van der Waals surface area (Å²) in [7, 11) is 1.64. The molecule has 5 nitrogen and oxygen atoms in total. The van der Waals surface area contributed by atoms with Gasteiger partial charge in [0.05, 0.1) is 18.7 Å². The molecule has 0 spiro atoms. The average Bonchev–Trinajstić information content (AvgIpc) is 3.09. The summed E-state index contributed by atoms with van der Waals surface area (Å²) in [5.41, 5.74) is 2.71. The van der Waals surface area contributed by atoms with E-state index >= 15 is 0 Å². The minimum absolute atomic E-state index is 0.620. The summed E-state index contributed by atoms with van der Waals surface area (Å²) < 4.78 is 7.24. The minimum atomic E-state index is 0.620. The summed E-state index contributed by atoms with van der Waals surface area (Å²) in [6.45, 7) is 4.46. The molecule has 2 aromatic carbocycles. The first-order chi connectivity index (χ1) is 12.7. The van der Waals surface area contributed by atoms with E-state index in [0.717, 1.165) is 27.9 Å². The predicted octanol–water partition coefficient (Wildman–Crippen LogP) is 4.30. The van der Waals surface area contributed by atoms with E-state index in [0.29, 0.717) is 17.9 Å². The van der Waals surface area contributed by atoms with Crippen molar-refractivity contribution in [1.82, 2.24) is 14.8 Å². The van der Waals surface area contributed by atoms with Gasteiger partial charge in [-0.2, -0.15) is 5.26 Å². The monoisotopic (exact) mass is 362 g/mol. The Kier molecular flexibility index (Phi) is 5.72. The molecule has 1 heterocycles. The molecule has 3 rings (SSSR count). The lowest BCUT2D eigenvalue weighted by Crippen LogP contribution is -2.00. The summed E-state index contributed by atoms with van der Waals surface area (Å²) in [4.78, 5) is 0. The smallest absolute Gasteiger partial charge is 0.192 e. The molecule has 0 aliphatic heterocycles. The van der Waals surface area contributed by atoms with Gasteiger partial charge in [0.2, 0.25) is 0 Å². The van der Waals surface area contributed by atoms with Crippen molar-refractivity contribution in [2.24, 2.45) is 0 Å². The zero-order valence-electron chi connectivity index (χ0n) is 14.4. The first kappa shape index (κ1) is 17.8. The Labute approximate surface area is 157 Å². The van der Waals surface area contributed by atoms with Crippen LogP contribution >= 0.6 is 11.8 Å². The van der Waals surface area contributed by atoms with Gasteiger partial charge in [0.25, 0.3) is 0 Å². The van der Waals surface area contributed by atoms with Gasteiger partial charge >= 0.3 is 0 Å². The van der Waals surface area contributed by atoms with Crippen LogP contribution in [-0.2, 0) is 12.3 Å². The number of ether oxygens (including phenoxy) is 1. The normalized spacial score (nSPS) is 10.3. The molecule has 0 amide bonds. The third-order valence-electron chi connectivity index (χ3n) is 3.80. The zero-order valence-corrected chi connectivity index (χ0v) is 15.2. The molecule has 0 N–H and O–H groups in total. The fourth-order valence-electron chi connectivity index (χ4n) is 2.52. The standard InChI is InChI=1S/C20H18N4OS/c1-3-11-24-19(17-7-9-18(25-2)10-8-17)22-23-20(24)26-14-16-6-4-5-15(12-16)13-21/h3-10,12H,1,11,14H2,2H3. The van der Waals surface area contributed by atoms with E-state index in [-0.39, 0.29) is 0 Å². The molecular formula is C20H18N4OS. The molecule has 130 valence electrons. The average molecular weight is 362 g/mol. The van der Waals surface area contributed by atoms with Crippen LogP contribution in [0.15, 0.2) is 66.3 Å². The summed E-state index contributed by atoms with van der Waals surface area (Å²) in [5, 5.41) is 18.5. The highest BCUT2D eigenvalue weighted by atomic mass is 32.2. The van der Waals surface area contributed by atoms with Crippen LogP contribution in [0.4, 0.5) is 0 Å². The number of aromatic nitrogens is 3. The van der Waals surface area contributed by atoms with Gasteiger partial charge in [-0.25, -0.2) is 0 Å². The topological polar surface area (TPSA) is 63.7 Å². The minimum Gasteiger partial charge on any atom is -0.497 e. The maximum absolute atomic E-state index is 9.02. The molecule has 0 fully saturated rings. The van der Waals surface area contributed by atoms with Crippen molar-refractivity contribution in [3.05, 3.63) is 72.3 Å². The fourth-order valence-corrected chi connectivity index (χ4v) is 3.41. The van der Waals surface area contributed by atoms with Crippen LogP contribution in [0.3, 0.4) is 0 Å². The lowest BCUT2D eigenvalue weighted by Gasteiger charge is -2.08. The largest absolute Gasteiger partial charge is 0.497 e. The number of hydrogen-bond acceptors (Lipinski definition) is 5. The summed E-state index contributed by atoms with van der Waals surface area (Å²) in [6.07, 6.45) is 1.83. The van der Waals surface area contributed by atoms with E-state index in [9.17, 15) is 0 Å². The quantitative estimate of drug-likeness (QED) is 0.463. The Hall–Kier alpha value is -3.04. The molecule has 0 radical (unpaired) electrons. The van der Waals surface area contributed by atoms with Crippen LogP contribution in [0, 0.1) is 11.3 Å². The Balaban J connectivity index is 1.84. The van der Waals surface area contributed by atoms with E-state index in [1.807, 2.05) is 53.1 Å². The molecule has 0 atom stereocenters. The summed E-state index contributed by atoms with van der Waals surface area (Å²) in [6, 6.07) is 17.5. The van der Waals surface area contributed by atoms with E-state index < -0.39 is 0 Å². The number of methoxy groups -OCH3 is 1. The highest BCUT2D eigenvalue weighted by Crippen LogP contribution is 2.27. The van der Waals surface area contributed by atoms with E-state index in [4.69, 9.17) is 10.00 Å². The fraction of sp³-hybridized carbons (Fsp3) is 0.150. The van der Waals surface area contributed by atoms with E-state index in [1.54, 1.807) is 24.9 Å². The van der Waals surface area contributed by atoms with Crippen LogP contribution in [0.1, 0.15) is 11.1 Å². The van der Waals surface area contributed by atoms with Crippen molar-refractivity contribution < 1.29 is 4.74 Å². The maximum Gasteiger partial charge on any atom is 0.192 e. The molecule has 0 aliphatic carbocycles. The van der Waals surface area contributed by atoms with Crippen LogP contribution in [0.25, 0.3) is 11.4 Å². The Bertz CT molecular complexity index is 941. The van der Waals surface area contributed by atoms with Gasteiger partial charge in [0, 0.05) is 17.9 Å². The van der Waals surface area contributed by atoms with Gasteiger partial charge in [0.1, 0.15) is 5.75 Å². The van der Waals surface area contributed by atoms with Gasteiger partial charge < -0.3 is 4.74 Å². The number of allylic oxidation sites excluding steroid dienone is 1. The number of hydrogen-bond donors (Lipinski definition) is 0. The second-order valence-corrected chi connectivity index (χ2v) is 6.48. The molecule has 0 aliphatic rings. The van der Waals surface area contributed by atoms with Gasteiger partial charge in [0.15, 0.2) is 11.0 Å². The van der Waals surface area contributed by atoms with Gasteiger partial charge in [-0.15, -0.1) is 16.8 Å². The maximum atomic E-state index is 9.02. The molecule has 0 saturated heterocycles. The Morgan fingerprint density at radius 1 is 1.23 bits per heavy atom. The molecule has 26 heavy (non-hydrogen) atoms. The Morgan fingerprint density at radius 3 is 2.73 bits per heavy atom. The van der Waals surface area contributed by atoms with Crippen LogP contribution in [0.2, 0.25) is 0 Å². The molecular weight excluding hydrogens is 344 g/mol. The molecule has 1 aromatic heterocycles. The third kappa shape index (κ3) is 3.95. The van der Waals surface area contributed by atoms with Crippen LogP contribution in [-0.4, -0.2) is 21.9 Å². The van der Waals surface area contributed by atoms with Gasteiger partial charge in [-0.3, -0.25) is 4.57 Å². The van der Waals surface area contributed by atoms with Crippen molar-refractivity contribution in [2.75, 3.05) is 7.11 Å². The summed E-state index contributed by atoms with van der Waals surface area (Å²) in [5.74, 6) is 2.31. The number of nitrogens with zero attached hydrogens (tertiary/aromatic N) is 4. The highest BCUT2D eigenvalue weighted by Gasteiger charge is 2.14. The first-order valence-corrected chi connectivity index (χ1v) is 9.04. The van der Waals surface area contributed by atoms with Crippen molar-refractivity contribution in [3.8, 4) is 23.2 Å². The van der Waals surface area contributed by atoms with Gasteiger partial charge in [-0.05, 0) is 42.0 Å². The SMILES string of the molecule is C=CCn1c(SCc2cccc(C#N)c2)nnc1-c1ccc(OC)cc1. The lowest BCUT2D eigenvalue weighted by molar-refractivity contribution is 0.415. The predicted molar refractivity (Wildman–Crippen MR) is 103 cm³/mol. The summed E-state index contributed by atoms with van der Waals surface area (Å²) >= 11 is 1.59. The first-order valence-electron chi connectivity index (χ1n) is 8.05.